The maximum atomic E-state index is 9.75. The average Bonchev–Trinajstić information content (AvgIpc) is 2.01. The van der Waals surface area contributed by atoms with E-state index in [4.69, 9.17) is 12.8 Å². The molecule has 0 N–H and O–H groups in total. The van der Waals surface area contributed by atoms with Crippen molar-refractivity contribution in [2.45, 2.75) is 22.9 Å². The van der Waals surface area contributed by atoms with E-state index in [1.807, 2.05) is 0 Å². The number of hydrogen-bond donors (Lipinski definition) is 0. The van der Waals surface area contributed by atoms with Crippen LogP contribution >= 0.6 is 0 Å². The van der Waals surface area contributed by atoms with Crippen molar-refractivity contribution in [2.24, 2.45) is 0 Å². The van der Waals surface area contributed by atoms with Crippen LogP contribution in [0.4, 0.5) is 17.3 Å². The molecule has 0 rings (SSSR count). The first-order valence-corrected chi connectivity index (χ1v) is 7.36. The first-order chi connectivity index (χ1) is 6.35. The van der Waals surface area contributed by atoms with Crippen molar-refractivity contribution in [2.75, 3.05) is 0 Å². The van der Waals surface area contributed by atoms with Crippen molar-refractivity contribution < 1.29 is 17.3 Å². The van der Waals surface area contributed by atoms with E-state index >= 15 is 0 Å². The standard InChI is InChI=1S/C8H11Se.BF4/c1-4-7-9(6-3)8-5-2;2-1(3,4)5/h1-2H,6-8H2,3H3;/q+1;-1. The molecule has 6 heteroatoms. The van der Waals surface area contributed by atoms with E-state index in [1.54, 1.807) is 0 Å². The molecule has 0 atom stereocenters. The van der Waals surface area contributed by atoms with Gasteiger partial charge >= 0.3 is 68.7 Å². The molecule has 0 aromatic heterocycles. The van der Waals surface area contributed by atoms with Gasteiger partial charge in [-0.1, -0.05) is 0 Å². The molecular formula is C8H11BF4Se. The van der Waals surface area contributed by atoms with E-state index in [2.05, 4.69) is 18.8 Å². The maximum absolute atomic E-state index is 9.75. The van der Waals surface area contributed by atoms with Crippen LogP contribution in [-0.2, 0) is 0 Å². The molecule has 0 aliphatic carbocycles. The molecule has 0 radical (unpaired) electrons. The molecule has 0 bridgehead atoms. The number of halogens is 4. The van der Waals surface area contributed by atoms with E-state index < -0.39 is 21.2 Å². The van der Waals surface area contributed by atoms with E-state index in [0.29, 0.717) is 0 Å². The van der Waals surface area contributed by atoms with E-state index in [1.165, 1.54) is 5.32 Å². The van der Waals surface area contributed by atoms with Crippen LogP contribution in [0.5, 0.6) is 0 Å². The van der Waals surface area contributed by atoms with Gasteiger partial charge in [0.05, 0.1) is 0 Å². The third-order valence-electron chi connectivity index (χ3n) is 0.983. The molecule has 0 aliphatic rings. The molecule has 0 amide bonds. The molecule has 14 heavy (non-hydrogen) atoms. The van der Waals surface area contributed by atoms with Crippen LogP contribution in [0, 0.1) is 24.7 Å². The van der Waals surface area contributed by atoms with Gasteiger partial charge < -0.3 is 17.3 Å². The van der Waals surface area contributed by atoms with Gasteiger partial charge in [-0.3, -0.25) is 0 Å². The van der Waals surface area contributed by atoms with Crippen molar-refractivity contribution in [3.8, 4) is 24.7 Å². The van der Waals surface area contributed by atoms with Crippen molar-refractivity contribution >= 4 is 21.2 Å². The second-order valence-electron chi connectivity index (χ2n) is 2.09. The Balaban J connectivity index is 0. The van der Waals surface area contributed by atoms with Gasteiger partial charge in [0.15, 0.2) is 0 Å². The Morgan fingerprint density at radius 1 is 1.07 bits per heavy atom. The van der Waals surface area contributed by atoms with Crippen LogP contribution in [0.2, 0.25) is 16.0 Å². The van der Waals surface area contributed by atoms with E-state index in [9.17, 15) is 17.3 Å². The Hall–Kier alpha value is -0.576. The van der Waals surface area contributed by atoms with Gasteiger partial charge in [-0.15, -0.1) is 0 Å². The summed E-state index contributed by atoms with van der Waals surface area (Å²) in [4.78, 5) is 0. The Kier molecular flexibility index (Phi) is 10.2. The molecule has 0 nitrogen and oxygen atoms in total. The molecular weight excluding hydrogens is 262 g/mol. The molecule has 0 saturated heterocycles. The zero-order valence-corrected chi connectivity index (χ0v) is 9.49. The minimum atomic E-state index is -6.00. The Morgan fingerprint density at radius 2 is 1.36 bits per heavy atom. The maximum Gasteiger partial charge on any atom is 0.673 e. The quantitative estimate of drug-likeness (QED) is 0.421. The molecule has 0 saturated carbocycles. The van der Waals surface area contributed by atoms with Crippen LogP contribution in [0.1, 0.15) is 6.92 Å². The SMILES string of the molecule is C#CC[Se+](CC)CC#C.F[B-](F)(F)F. The van der Waals surface area contributed by atoms with Crippen molar-refractivity contribution in [1.82, 2.24) is 0 Å². The molecule has 0 aliphatic heterocycles. The third kappa shape index (κ3) is 22.5. The van der Waals surface area contributed by atoms with Crippen LogP contribution in [0.15, 0.2) is 0 Å². The molecule has 80 valence electrons. The summed E-state index contributed by atoms with van der Waals surface area (Å²) in [6.45, 7) is 2.17. The minimum Gasteiger partial charge on any atom is -0.418 e. The fraction of sp³-hybridized carbons (Fsp3) is 0.500. The van der Waals surface area contributed by atoms with Crippen LogP contribution in [-0.4, -0.2) is 21.2 Å². The van der Waals surface area contributed by atoms with Gasteiger partial charge in [-0.05, 0) is 0 Å². The van der Waals surface area contributed by atoms with Crippen molar-refractivity contribution in [1.29, 1.82) is 0 Å². The average molecular weight is 273 g/mol. The number of hydrogen-bond acceptors (Lipinski definition) is 0. The second kappa shape index (κ2) is 9.00. The monoisotopic (exact) mass is 274 g/mol. The van der Waals surface area contributed by atoms with Gasteiger partial charge in [-0.2, -0.15) is 0 Å². The summed E-state index contributed by atoms with van der Waals surface area (Å²) in [5.74, 6) is 5.33. The fourth-order valence-corrected chi connectivity index (χ4v) is 2.55. The van der Waals surface area contributed by atoms with Gasteiger partial charge in [0.1, 0.15) is 0 Å². The van der Waals surface area contributed by atoms with Crippen LogP contribution in [0.25, 0.3) is 0 Å². The van der Waals surface area contributed by atoms with Gasteiger partial charge in [-0.25, -0.2) is 0 Å². The molecule has 0 heterocycles. The first kappa shape index (κ1) is 15.9. The van der Waals surface area contributed by atoms with E-state index in [-0.39, 0.29) is 0 Å². The molecule has 0 spiro atoms. The normalized spacial score (nSPS) is 9.71. The van der Waals surface area contributed by atoms with Crippen molar-refractivity contribution in [3.63, 3.8) is 0 Å². The molecule has 0 aromatic rings. The molecule has 0 fully saturated rings. The number of terminal acetylenes is 2. The molecule has 0 unspecified atom stereocenters. The summed E-state index contributed by atoms with van der Waals surface area (Å²) in [6, 6.07) is 0. The Bertz CT molecular complexity index is 191. The predicted molar refractivity (Wildman–Crippen MR) is 53.7 cm³/mol. The summed E-state index contributed by atoms with van der Waals surface area (Å²) in [5, 5.41) is 3.11. The number of rotatable bonds is 3. The summed E-state index contributed by atoms with van der Waals surface area (Å²) in [6.07, 6.45) is 10.3. The first-order valence-electron chi connectivity index (χ1n) is 3.73. The second-order valence-corrected chi connectivity index (χ2v) is 7.09. The van der Waals surface area contributed by atoms with E-state index in [0.717, 1.165) is 10.6 Å². The summed E-state index contributed by atoms with van der Waals surface area (Å²) in [5.41, 5.74) is 0. The van der Waals surface area contributed by atoms with Gasteiger partial charge in [0, 0.05) is 0 Å². The summed E-state index contributed by atoms with van der Waals surface area (Å²) < 4.78 is 39.0. The van der Waals surface area contributed by atoms with Gasteiger partial charge in [0.2, 0.25) is 0 Å². The largest absolute Gasteiger partial charge is 0.673 e. The topological polar surface area (TPSA) is 0 Å². The Labute approximate surface area is 86.4 Å². The van der Waals surface area contributed by atoms with Crippen LogP contribution in [0.3, 0.4) is 0 Å². The Morgan fingerprint density at radius 3 is 1.50 bits per heavy atom. The summed E-state index contributed by atoms with van der Waals surface area (Å²) in [7, 11) is -6.00. The van der Waals surface area contributed by atoms with Crippen LogP contribution < -0.4 is 0 Å². The summed E-state index contributed by atoms with van der Waals surface area (Å²) >= 11 is -0.562. The molecule has 0 aromatic carbocycles. The van der Waals surface area contributed by atoms with Gasteiger partial charge in [0.25, 0.3) is 0 Å². The minimum absolute atomic E-state index is 0.562. The predicted octanol–water partition coefficient (Wildman–Crippen LogP) is 3.07. The zero-order chi connectivity index (χ0) is 11.6. The fourth-order valence-electron chi connectivity index (χ4n) is 0.491. The van der Waals surface area contributed by atoms with Crippen molar-refractivity contribution in [3.05, 3.63) is 0 Å². The smallest absolute Gasteiger partial charge is 0.418 e. The third-order valence-corrected chi connectivity index (χ3v) is 5.11. The zero-order valence-electron chi connectivity index (χ0n) is 7.77.